The van der Waals surface area contributed by atoms with Crippen molar-refractivity contribution in [1.82, 2.24) is 0 Å². The highest BCUT2D eigenvalue weighted by molar-refractivity contribution is 8.00. The second kappa shape index (κ2) is 11.8. The summed E-state index contributed by atoms with van der Waals surface area (Å²) in [6.07, 6.45) is 4.48. The number of amides is 2. The molecule has 8 heteroatoms. The summed E-state index contributed by atoms with van der Waals surface area (Å²) in [6, 6.07) is 14.9. The lowest BCUT2D eigenvalue weighted by Crippen LogP contribution is -2.25. The zero-order chi connectivity index (χ0) is 25.7. The van der Waals surface area contributed by atoms with Gasteiger partial charge < -0.3 is 15.4 Å². The monoisotopic (exact) mass is 522 g/mol. The highest BCUT2D eigenvalue weighted by atomic mass is 32.2. The molecule has 0 radical (unpaired) electrons. The summed E-state index contributed by atoms with van der Waals surface area (Å²) >= 11 is 2.92. The number of ether oxygens (including phenoxy) is 1. The molecule has 3 aromatic rings. The van der Waals surface area contributed by atoms with Crippen molar-refractivity contribution in [1.29, 1.82) is 0 Å². The van der Waals surface area contributed by atoms with Gasteiger partial charge >= 0.3 is 5.97 Å². The lowest BCUT2D eigenvalue weighted by Gasteiger charge is -2.16. The summed E-state index contributed by atoms with van der Waals surface area (Å²) < 4.78 is 5.02. The topological polar surface area (TPSA) is 84.5 Å². The molecule has 4 rings (SSSR count). The van der Waals surface area contributed by atoms with E-state index < -0.39 is 5.97 Å². The Morgan fingerprint density at radius 1 is 1.06 bits per heavy atom. The molecule has 0 saturated carbocycles. The molecule has 2 aromatic carbocycles. The molecule has 1 aromatic heterocycles. The lowest BCUT2D eigenvalue weighted by molar-refractivity contribution is -0.115. The van der Waals surface area contributed by atoms with Crippen LogP contribution in [0.15, 0.2) is 53.4 Å². The zero-order valence-electron chi connectivity index (χ0n) is 20.7. The predicted molar refractivity (Wildman–Crippen MR) is 146 cm³/mol. The molecule has 0 fully saturated rings. The van der Waals surface area contributed by atoms with Gasteiger partial charge in [0.1, 0.15) is 5.00 Å². The normalized spacial score (nSPS) is 13.4. The minimum Gasteiger partial charge on any atom is -0.465 e. The van der Waals surface area contributed by atoms with Crippen LogP contribution in [0.2, 0.25) is 0 Å². The fraction of sp³-hybridized carbons (Fsp3) is 0.321. The van der Waals surface area contributed by atoms with E-state index in [1.165, 1.54) is 30.2 Å². The fourth-order valence-electron chi connectivity index (χ4n) is 4.21. The molecule has 188 valence electrons. The van der Waals surface area contributed by atoms with E-state index in [0.717, 1.165) is 46.6 Å². The summed E-state index contributed by atoms with van der Waals surface area (Å²) in [5, 5.41) is 6.16. The first-order valence-electron chi connectivity index (χ1n) is 12.1. The molecule has 2 N–H and O–H groups in total. The van der Waals surface area contributed by atoms with Crippen LogP contribution >= 0.6 is 23.1 Å². The van der Waals surface area contributed by atoms with Crippen molar-refractivity contribution < 1.29 is 19.1 Å². The summed E-state index contributed by atoms with van der Waals surface area (Å²) in [6.45, 7) is 3.94. The molecular weight excluding hydrogens is 492 g/mol. The molecule has 1 aliphatic rings. The van der Waals surface area contributed by atoms with E-state index in [1.807, 2.05) is 50.2 Å². The second-order valence-electron chi connectivity index (χ2n) is 8.76. The predicted octanol–water partition coefficient (Wildman–Crippen LogP) is 6.48. The number of carbonyl (C=O) groups excluding carboxylic acids is 3. The number of fused-ring (bicyclic) bond motifs is 1. The van der Waals surface area contributed by atoms with Crippen LogP contribution in [0.25, 0.3) is 0 Å². The van der Waals surface area contributed by atoms with Crippen molar-refractivity contribution in [3.05, 3.63) is 75.7 Å². The van der Waals surface area contributed by atoms with Crippen LogP contribution in [-0.2, 0) is 22.4 Å². The van der Waals surface area contributed by atoms with Crippen molar-refractivity contribution in [2.75, 3.05) is 17.7 Å². The minimum absolute atomic E-state index is 0.152. The number of nitrogens with one attached hydrogen (secondary N) is 2. The van der Waals surface area contributed by atoms with E-state index in [0.29, 0.717) is 28.2 Å². The number of benzene rings is 2. The molecule has 6 nitrogen and oxygen atoms in total. The Morgan fingerprint density at radius 3 is 2.53 bits per heavy atom. The minimum atomic E-state index is -0.401. The van der Waals surface area contributed by atoms with E-state index in [9.17, 15) is 14.4 Å². The summed E-state index contributed by atoms with van der Waals surface area (Å²) in [4.78, 5) is 40.4. The number of methoxy groups -OCH3 is 1. The van der Waals surface area contributed by atoms with Crippen LogP contribution in [0.4, 0.5) is 10.7 Å². The summed E-state index contributed by atoms with van der Waals surface area (Å²) in [5.74, 6) is -0.735. The van der Waals surface area contributed by atoms with Crippen LogP contribution in [-0.4, -0.2) is 30.1 Å². The number of esters is 1. The van der Waals surface area contributed by atoms with Crippen LogP contribution in [0.5, 0.6) is 0 Å². The molecule has 0 bridgehead atoms. The maximum atomic E-state index is 13.3. The molecular formula is C28H30N2O4S2. The van der Waals surface area contributed by atoms with Gasteiger partial charge in [-0.3, -0.25) is 9.59 Å². The van der Waals surface area contributed by atoms with Crippen LogP contribution < -0.4 is 10.6 Å². The van der Waals surface area contributed by atoms with Gasteiger partial charge in [0.25, 0.3) is 5.91 Å². The van der Waals surface area contributed by atoms with Gasteiger partial charge in [-0.1, -0.05) is 30.7 Å². The quantitative estimate of drug-likeness (QED) is 0.261. The number of hydrogen-bond acceptors (Lipinski definition) is 6. The highest BCUT2D eigenvalue weighted by Crippen LogP contribution is 2.39. The Kier molecular flexibility index (Phi) is 8.48. The highest BCUT2D eigenvalue weighted by Gasteiger charge is 2.28. The second-order valence-corrected chi connectivity index (χ2v) is 11.1. The first-order valence-corrected chi connectivity index (χ1v) is 13.8. The molecule has 0 aliphatic heterocycles. The van der Waals surface area contributed by atoms with E-state index >= 15 is 0 Å². The fourth-order valence-corrected chi connectivity index (χ4v) is 6.50. The average molecular weight is 523 g/mol. The number of hydrogen-bond donors (Lipinski definition) is 2. The van der Waals surface area contributed by atoms with E-state index in [2.05, 4.69) is 10.6 Å². The first kappa shape index (κ1) is 26.0. The van der Waals surface area contributed by atoms with Crippen molar-refractivity contribution in [3.63, 3.8) is 0 Å². The van der Waals surface area contributed by atoms with Gasteiger partial charge in [0, 0.05) is 21.0 Å². The van der Waals surface area contributed by atoms with Gasteiger partial charge in [0.05, 0.1) is 17.9 Å². The van der Waals surface area contributed by atoms with Crippen molar-refractivity contribution >= 4 is 51.6 Å². The molecule has 1 atom stereocenters. The number of rotatable bonds is 8. The number of thioether (sulfide) groups is 1. The van der Waals surface area contributed by atoms with Gasteiger partial charge in [-0.2, -0.15) is 0 Å². The number of thiophene rings is 1. The Labute approximate surface area is 219 Å². The average Bonchev–Trinajstić information content (AvgIpc) is 3.25. The van der Waals surface area contributed by atoms with Gasteiger partial charge in [0.15, 0.2) is 0 Å². The third-order valence-electron chi connectivity index (χ3n) is 6.14. The standard InChI is InChI=1S/C28H30N2O4S2/c1-4-22(26(32)30-27-24(28(33)34-3)21-10-5-6-11-23(21)36-27)35-20-9-7-8-19(16-20)29-25(31)18-14-12-17(2)13-15-18/h7-9,12-16,22H,4-6,10-11H2,1-3H3,(H,29,31)(H,30,32). The Bertz CT molecular complexity index is 1270. The summed E-state index contributed by atoms with van der Waals surface area (Å²) in [5.41, 5.74) is 3.87. The first-order chi connectivity index (χ1) is 17.4. The maximum Gasteiger partial charge on any atom is 0.341 e. The lowest BCUT2D eigenvalue weighted by atomic mass is 9.95. The Balaban J connectivity index is 1.46. The van der Waals surface area contributed by atoms with Gasteiger partial charge in [-0.25, -0.2) is 4.79 Å². The third-order valence-corrected chi connectivity index (χ3v) is 8.71. The van der Waals surface area contributed by atoms with Gasteiger partial charge in [-0.05, 0) is 74.9 Å². The maximum absolute atomic E-state index is 13.3. The largest absolute Gasteiger partial charge is 0.465 e. The SMILES string of the molecule is CCC(Sc1cccc(NC(=O)c2ccc(C)cc2)c1)C(=O)Nc1sc2c(c1C(=O)OC)CCCC2. The Morgan fingerprint density at radius 2 is 1.81 bits per heavy atom. The molecule has 1 aliphatic carbocycles. The van der Waals surface area contributed by atoms with Crippen LogP contribution in [0.1, 0.15) is 62.9 Å². The Hall–Kier alpha value is -3.10. The molecule has 0 spiro atoms. The smallest absolute Gasteiger partial charge is 0.341 e. The van der Waals surface area contributed by atoms with E-state index in [4.69, 9.17) is 4.74 Å². The van der Waals surface area contributed by atoms with Crippen molar-refractivity contribution in [3.8, 4) is 0 Å². The third kappa shape index (κ3) is 5.99. The molecule has 1 heterocycles. The summed E-state index contributed by atoms with van der Waals surface area (Å²) in [7, 11) is 1.37. The zero-order valence-corrected chi connectivity index (χ0v) is 22.3. The van der Waals surface area contributed by atoms with E-state index in [-0.39, 0.29) is 17.1 Å². The molecule has 36 heavy (non-hydrogen) atoms. The molecule has 0 saturated heterocycles. The molecule has 2 amide bonds. The van der Waals surface area contributed by atoms with Crippen molar-refractivity contribution in [2.45, 2.75) is 56.1 Å². The molecule has 1 unspecified atom stereocenters. The van der Waals surface area contributed by atoms with Crippen molar-refractivity contribution in [2.24, 2.45) is 0 Å². The number of anilines is 2. The number of aryl methyl sites for hydroxylation is 2. The van der Waals surface area contributed by atoms with E-state index in [1.54, 1.807) is 12.1 Å². The van der Waals surface area contributed by atoms with Gasteiger partial charge in [-0.15, -0.1) is 23.1 Å². The van der Waals surface area contributed by atoms with Gasteiger partial charge in [0.2, 0.25) is 5.91 Å². The number of carbonyl (C=O) groups is 3. The van der Waals surface area contributed by atoms with Crippen LogP contribution in [0.3, 0.4) is 0 Å². The van der Waals surface area contributed by atoms with Crippen LogP contribution in [0, 0.1) is 6.92 Å².